The van der Waals surface area contributed by atoms with Crippen LogP contribution in [-0.4, -0.2) is 61.8 Å². The molecule has 2 aromatic carbocycles. The summed E-state index contributed by atoms with van der Waals surface area (Å²) in [5.74, 6) is 0.0208. The molecule has 42 heavy (non-hydrogen) atoms. The Morgan fingerprint density at radius 2 is 1.93 bits per heavy atom. The number of nitrogens with one attached hydrogen (secondary N) is 2. The number of amides is 2. The van der Waals surface area contributed by atoms with Crippen LogP contribution in [0.25, 0.3) is 0 Å². The maximum atomic E-state index is 13.5. The van der Waals surface area contributed by atoms with Crippen LogP contribution in [0.1, 0.15) is 69.2 Å². The van der Waals surface area contributed by atoms with E-state index in [0.717, 1.165) is 36.2 Å². The fourth-order valence-electron chi connectivity index (χ4n) is 5.33. The van der Waals surface area contributed by atoms with Crippen LogP contribution in [0.3, 0.4) is 0 Å². The van der Waals surface area contributed by atoms with E-state index in [4.69, 9.17) is 4.42 Å². The third-order valence-electron chi connectivity index (χ3n) is 7.58. The van der Waals surface area contributed by atoms with Gasteiger partial charge in [0.2, 0.25) is 5.89 Å². The normalized spacial score (nSPS) is 16.4. The van der Waals surface area contributed by atoms with Gasteiger partial charge in [-0.2, -0.15) is 5.10 Å². The third-order valence-corrected chi connectivity index (χ3v) is 7.58. The van der Waals surface area contributed by atoms with Crippen molar-refractivity contribution in [3.8, 4) is 0 Å². The molecule has 5 rings (SSSR count). The molecule has 0 spiro atoms. The first kappa shape index (κ1) is 29.2. The largest absolute Gasteiger partial charge is 0.446 e. The van der Waals surface area contributed by atoms with E-state index in [1.165, 1.54) is 0 Å². The van der Waals surface area contributed by atoms with Gasteiger partial charge in [0.05, 0.1) is 24.0 Å². The van der Waals surface area contributed by atoms with Crippen LogP contribution in [0.5, 0.6) is 0 Å². The maximum absolute atomic E-state index is 13.5. The van der Waals surface area contributed by atoms with E-state index < -0.39 is 12.1 Å². The average molecular weight is 571 g/mol. The summed E-state index contributed by atoms with van der Waals surface area (Å²) in [5.41, 5.74) is 3.57. The van der Waals surface area contributed by atoms with Crippen molar-refractivity contribution >= 4 is 11.8 Å². The maximum Gasteiger partial charge on any atom is 0.254 e. The van der Waals surface area contributed by atoms with Crippen molar-refractivity contribution in [2.24, 2.45) is 0 Å². The van der Waals surface area contributed by atoms with Gasteiger partial charge in [0.1, 0.15) is 12.3 Å². The quantitative estimate of drug-likeness (QED) is 0.237. The number of likely N-dealkylation sites (tertiary alicyclic amines) is 1. The number of carbonyl (C=O) groups is 2. The molecule has 3 heterocycles. The summed E-state index contributed by atoms with van der Waals surface area (Å²) in [6.45, 7) is 6.11. The molecule has 0 bridgehead atoms. The van der Waals surface area contributed by atoms with Gasteiger partial charge in [0.25, 0.3) is 11.8 Å². The number of hydrogen-bond acceptors (Lipinski definition) is 7. The zero-order valence-corrected chi connectivity index (χ0v) is 24.1. The molecule has 1 unspecified atom stereocenters. The van der Waals surface area contributed by atoms with Gasteiger partial charge >= 0.3 is 0 Å². The summed E-state index contributed by atoms with van der Waals surface area (Å²) in [6, 6.07) is 15.7. The molecule has 0 radical (unpaired) electrons. The van der Waals surface area contributed by atoms with Crippen LogP contribution in [0.2, 0.25) is 0 Å². The fourth-order valence-corrected chi connectivity index (χ4v) is 5.33. The Hall–Kier alpha value is -4.28. The Labute approximate surface area is 245 Å². The Morgan fingerprint density at radius 1 is 1.12 bits per heavy atom. The summed E-state index contributed by atoms with van der Waals surface area (Å²) in [4.78, 5) is 33.2. The first-order chi connectivity index (χ1) is 20.4. The molecule has 3 N–H and O–H groups in total. The van der Waals surface area contributed by atoms with Gasteiger partial charge in [0, 0.05) is 49.1 Å². The number of aromatic nitrogens is 3. The van der Waals surface area contributed by atoms with Crippen LogP contribution >= 0.6 is 0 Å². The molecular weight excluding hydrogens is 532 g/mol. The summed E-state index contributed by atoms with van der Waals surface area (Å²) < 4.78 is 7.45. The van der Waals surface area contributed by atoms with E-state index in [1.807, 2.05) is 55.1 Å². The molecule has 2 amide bonds. The van der Waals surface area contributed by atoms with Crippen molar-refractivity contribution in [1.29, 1.82) is 0 Å². The highest BCUT2D eigenvalue weighted by Crippen LogP contribution is 2.32. The van der Waals surface area contributed by atoms with Gasteiger partial charge < -0.3 is 25.1 Å². The molecule has 2 aromatic heterocycles. The number of aryl methyl sites for hydroxylation is 2. The molecule has 10 heteroatoms. The van der Waals surface area contributed by atoms with Crippen molar-refractivity contribution < 1.29 is 19.1 Å². The Morgan fingerprint density at radius 3 is 2.67 bits per heavy atom. The van der Waals surface area contributed by atoms with Gasteiger partial charge in [-0.05, 0) is 56.9 Å². The lowest BCUT2D eigenvalue weighted by molar-refractivity contribution is 0.0715. The van der Waals surface area contributed by atoms with Gasteiger partial charge in [-0.1, -0.05) is 36.4 Å². The summed E-state index contributed by atoms with van der Waals surface area (Å²) in [6.07, 6.45) is 6.59. The standard InChI is InChI=1S/C32H38N6O4/c1-3-37-20-24(18-34-37)17-33-19-29(39)27(15-23-9-5-4-6-10-23)36-30(40)25-11-7-12-26(16-25)32(41)38-14-8-13-28(38)31-35-22(2)21-42-31/h4-7,9-12,16,18,20-21,27-29,33,39H,3,8,13-15,17,19H2,1-2H3,(H,36,40)/t27-,28?,29+/m0/s1. The molecule has 220 valence electrons. The number of aliphatic hydroxyl groups is 1. The molecule has 3 atom stereocenters. The lowest BCUT2D eigenvalue weighted by Gasteiger charge is -2.25. The number of carbonyl (C=O) groups excluding carboxylic acids is 2. The molecule has 1 aliphatic heterocycles. The molecule has 1 fully saturated rings. The minimum absolute atomic E-state index is 0.167. The monoisotopic (exact) mass is 570 g/mol. The van der Waals surface area contributed by atoms with Crippen LogP contribution in [0.4, 0.5) is 0 Å². The van der Waals surface area contributed by atoms with Crippen molar-refractivity contribution in [2.75, 3.05) is 13.1 Å². The average Bonchev–Trinajstić information content (AvgIpc) is 3.78. The zero-order valence-electron chi connectivity index (χ0n) is 24.1. The third kappa shape index (κ3) is 7.13. The summed E-state index contributed by atoms with van der Waals surface area (Å²) in [5, 5.41) is 21.7. The number of nitrogens with zero attached hydrogens (tertiary/aromatic N) is 4. The number of hydrogen-bond donors (Lipinski definition) is 3. The first-order valence-corrected chi connectivity index (χ1v) is 14.5. The number of oxazole rings is 1. The molecule has 0 aliphatic carbocycles. The Balaban J connectivity index is 1.26. The van der Waals surface area contributed by atoms with Crippen molar-refractivity contribution in [1.82, 2.24) is 30.3 Å². The SMILES string of the molecule is CCn1cc(CNC[C@@H](O)[C@H](Cc2ccccc2)NC(=O)c2cccc(C(=O)N3CCCC3c3nc(C)co3)c2)cn1. The zero-order chi connectivity index (χ0) is 29.5. The number of benzene rings is 2. The van der Waals surface area contributed by atoms with Gasteiger partial charge in [-0.15, -0.1) is 0 Å². The van der Waals surface area contributed by atoms with E-state index in [2.05, 4.69) is 20.7 Å². The van der Waals surface area contributed by atoms with Gasteiger partial charge in [-0.3, -0.25) is 14.3 Å². The highest BCUT2D eigenvalue weighted by atomic mass is 16.3. The Kier molecular flexibility index (Phi) is 9.45. The second kappa shape index (κ2) is 13.6. The highest BCUT2D eigenvalue weighted by Gasteiger charge is 2.34. The summed E-state index contributed by atoms with van der Waals surface area (Å²) >= 11 is 0. The van der Waals surface area contributed by atoms with Crippen molar-refractivity contribution in [3.63, 3.8) is 0 Å². The van der Waals surface area contributed by atoms with E-state index in [1.54, 1.807) is 41.6 Å². The number of rotatable bonds is 12. The predicted octanol–water partition coefficient (Wildman–Crippen LogP) is 3.67. The summed E-state index contributed by atoms with van der Waals surface area (Å²) in [7, 11) is 0. The van der Waals surface area contributed by atoms with E-state index in [-0.39, 0.29) is 24.4 Å². The van der Waals surface area contributed by atoms with E-state index in [0.29, 0.717) is 36.5 Å². The van der Waals surface area contributed by atoms with E-state index in [9.17, 15) is 14.7 Å². The van der Waals surface area contributed by atoms with Gasteiger partial charge in [-0.25, -0.2) is 4.98 Å². The van der Waals surface area contributed by atoms with Crippen LogP contribution in [0.15, 0.2) is 77.7 Å². The molecular formula is C32H38N6O4. The number of aliphatic hydroxyl groups excluding tert-OH is 1. The van der Waals surface area contributed by atoms with Crippen molar-refractivity contribution in [2.45, 2.75) is 64.4 Å². The van der Waals surface area contributed by atoms with E-state index >= 15 is 0 Å². The molecule has 1 saturated heterocycles. The van der Waals surface area contributed by atoms with Crippen LogP contribution in [-0.2, 0) is 19.5 Å². The van der Waals surface area contributed by atoms with Crippen LogP contribution in [0, 0.1) is 6.92 Å². The molecule has 1 aliphatic rings. The van der Waals surface area contributed by atoms with Crippen LogP contribution < -0.4 is 10.6 Å². The topological polar surface area (TPSA) is 126 Å². The first-order valence-electron chi connectivity index (χ1n) is 14.5. The minimum Gasteiger partial charge on any atom is -0.446 e. The lowest BCUT2D eigenvalue weighted by Crippen LogP contribution is -2.48. The smallest absolute Gasteiger partial charge is 0.254 e. The molecule has 4 aromatic rings. The van der Waals surface area contributed by atoms with Gasteiger partial charge in [0.15, 0.2) is 0 Å². The Bertz CT molecular complexity index is 1480. The minimum atomic E-state index is -0.852. The van der Waals surface area contributed by atoms with Crippen molar-refractivity contribution in [3.05, 3.63) is 107 Å². The molecule has 10 nitrogen and oxygen atoms in total. The second-order valence-electron chi connectivity index (χ2n) is 10.7. The second-order valence-corrected chi connectivity index (χ2v) is 10.7. The lowest BCUT2D eigenvalue weighted by atomic mass is 10.00. The predicted molar refractivity (Wildman–Crippen MR) is 158 cm³/mol. The highest BCUT2D eigenvalue weighted by molar-refractivity contribution is 6.00. The molecule has 0 saturated carbocycles. The fraction of sp³-hybridized carbons (Fsp3) is 0.375.